The molecule has 1 atom stereocenters. The number of carbonyl (C=O) groups excluding carboxylic acids is 2. The monoisotopic (exact) mass is 308 g/mol. The number of benzene rings is 2. The van der Waals surface area contributed by atoms with E-state index in [1.807, 2.05) is 56.3 Å². The van der Waals surface area contributed by atoms with Crippen molar-refractivity contribution in [2.24, 2.45) is 0 Å². The van der Waals surface area contributed by atoms with Crippen molar-refractivity contribution in [2.75, 3.05) is 17.3 Å². The Kier molecular flexibility index (Phi) is 3.90. The van der Waals surface area contributed by atoms with Gasteiger partial charge in [-0.3, -0.25) is 9.59 Å². The van der Waals surface area contributed by atoms with Crippen LogP contribution >= 0.6 is 0 Å². The summed E-state index contributed by atoms with van der Waals surface area (Å²) >= 11 is 0. The van der Waals surface area contributed by atoms with Crippen LogP contribution < -0.4 is 10.2 Å². The van der Waals surface area contributed by atoms with Crippen molar-refractivity contribution in [1.29, 1.82) is 0 Å². The average Bonchev–Trinajstić information content (AvgIpc) is 2.53. The quantitative estimate of drug-likeness (QED) is 0.924. The molecule has 4 nitrogen and oxygen atoms in total. The van der Waals surface area contributed by atoms with Crippen LogP contribution in [0.3, 0.4) is 0 Å². The molecule has 3 rings (SSSR count). The number of fused-ring (bicyclic) bond motifs is 1. The minimum Gasteiger partial charge on any atom is -0.325 e. The Labute approximate surface area is 136 Å². The van der Waals surface area contributed by atoms with Gasteiger partial charge in [0, 0.05) is 24.8 Å². The predicted octanol–water partition coefficient (Wildman–Crippen LogP) is 3.39. The number of hydrogen-bond acceptors (Lipinski definition) is 2. The first kappa shape index (κ1) is 15.3. The molecule has 118 valence electrons. The van der Waals surface area contributed by atoms with Gasteiger partial charge in [0.2, 0.25) is 11.8 Å². The van der Waals surface area contributed by atoms with Crippen LogP contribution in [0.15, 0.2) is 42.5 Å². The molecule has 1 aliphatic heterocycles. The zero-order valence-electron chi connectivity index (χ0n) is 13.6. The number of amides is 2. The molecule has 23 heavy (non-hydrogen) atoms. The van der Waals surface area contributed by atoms with Gasteiger partial charge < -0.3 is 10.2 Å². The lowest BCUT2D eigenvalue weighted by Crippen LogP contribution is -2.37. The van der Waals surface area contributed by atoms with Crippen molar-refractivity contribution < 1.29 is 9.59 Å². The molecule has 0 aromatic heterocycles. The molecule has 0 saturated heterocycles. The normalized spacial score (nSPS) is 16.9. The topological polar surface area (TPSA) is 49.4 Å². The molecule has 2 aromatic carbocycles. The summed E-state index contributed by atoms with van der Waals surface area (Å²) in [6, 6.07) is 13.5. The zero-order chi connectivity index (χ0) is 16.6. The molecule has 1 heterocycles. The van der Waals surface area contributed by atoms with E-state index in [1.54, 1.807) is 11.9 Å². The number of nitrogens with one attached hydrogen (secondary N) is 1. The summed E-state index contributed by atoms with van der Waals surface area (Å²) in [5, 5.41) is 2.97. The first-order chi connectivity index (χ1) is 11.0. The first-order valence-corrected chi connectivity index (χ1v) is 7.71. The Morgan fingerprint density at radius 3 is 2.65 bits per heavy atom. The summed E-state index contributed by atoms with van der Waals surface area (Å²) in [6.45, 7) is 3.99. The summed E-state index contributed by atoms with van der Waals surface area (Å²) in [5.41, 5.74) is 4.68. The van der Waals surface area contributed by atoms with E-state index in [4.69, 9.17) is 0 Å². The maximum absolute atomic E-state index is 12.7. The Balaban J connectivity index is 1.90. The number of nitrogens with zero attached hydrogens (tertiary/aromatic N) is 1. The fourth-order valence-corrected chi connectivity index (χ4v) is 3.05. The number of rotatable bonds is 2. The fraction of sp³-hybridized carbons (Fsp3) is 0.263. The summed E-state index contributed by atoms with van der Waals surface area (Å²) in [4.78, 5) is 26.5. The van der Waals surface area contributed by atoms with Crippen LogP contribution in [0.25, 0.3) is 0 Å². The van der Waals surface area contributed by atoms with Crippen molar-refractivity contribution in [1.82, 2.24) is 0 Å². The van der Waals surface area contributed by atoms with Gasteiger partial charge in [0.15, 0.2) is 0 Å². The van der Waals surface area contributed by atoms with Crippen LogP contribution in [-0.2, 0) is 9.59 Å². The Morgan fingerprint density at radius 1 is 1.17 bits per heavy atom. The number of hydrogen-bond donors (Lipinski definition) is 1. The van der Waals surface area contributed by atoms with Gasteiger partial charge in [-0.1, -0.05) is 35.9 Å². The summed E-state index contributed by atoms with van der Waals surface area (Å²) < 4.78 is 0. The van der Waals surface area contributed by atoms with Crippen LogP contribution in [0.5, 0.6) is 0 Å². The third-order valence-electron chi connectivity index (χ3n) is 4.38. The SMILES string of the molecule is Cc1ccc(NC(=O)C2CC(=O)N(C)c3ccccc32)c(C)c1. The molecule has 0 bridgehead atoms. The Morgan fingerprint density at radius 2 is 1.91 bits per heavy atom. The fourth-order valence-electron chi connectivity index (χ4n) is 3.05. The molecule has 0 fully saturated rings. The molecule has 0 radical (unpaired) electrons. The van der Waals surface area contributed by atoms with Crippen LogP contribution in [0, 0.1) is 13.8 Å². The van der Waals surface area contributed by atoms with E-state index in [2.05, 4.69) is 5.32 Å². The van der Waals surface area contributed by atoms with Gasteiger partial charge in [-0.25, -0.2) is 0 Å². The van der Waals surface area contributed by atoms with Gasteiger partial charge in [0.25, 0.3) is 0 Å². The molecule has 1 unspecified atom stereocenters. The van der Waals surface area contributed by atoms with Crippen molar-refractivity contribution in [3.8, 4) is 0 Å². The first-order valence-electron chi connectivity index (χ1n) is 7.71. The Bertz CT molecular complexity index is 783. The molecule has 2 amide bonds. The second-order valence-electron chi connectivity index (χ2n) is 6.08. The van der Waals surface area contributed by atoms with Gasteiger partial charge in [-0.2, -0.15) is 0 Å². The van der Waals surface area contributed by atoms with Gasteiger partial charge in [0.1, 0.15) is 0 Å². The maximum atomic E-state index is 12.7. The molecule has 2 aromatic rings. The Hall–Kier alpha value is -2.62. The molecule has 4 heteroatoms. The lowest BCUT2D eigenvalue weighted by molar-refractivity contribution is -0.124. The molecule has 0 spiro atoms. The van der Waals surface area contributed by atoms with Gasteiger partial charge in [-0.15, -0.1) is 0 Å². The standard InChI is InChI=1S/C19H20N2O2/c1-12-8-9-16(13(2)10-12)20-19(23)15-11-18(22)21(3)17-7-5-4-6-14(15)17/h4-10,15H,11H2,1-3H3,(H,20,23). The number of carbonyl (C=O) groups is 2. The van der Waals surface area contributed by atoms with Gasteiger partial charge >= 0.3 is 0 Å². The molecule has 1 N–H and O–H groups in total. The van der Waals surface area contributed by atoms with E-state index in [0.29, 0.717) is 0 Å². The molecule has 1 aliphatic rings. The molecule has 0 aliphatic carbocycles. The average molecular weight is 308 g/mol. The maximum Gasteiger partial charge on any atom is 0.232 e. The van der Waals surface area contributed by atoms with Crippen molar-refractivity contribution in [3.05, 3.63) is 59.2 Å². The molecule has 0 saturated carbocycles. The largest absolute Gasteiger partial charge is 0.325 e. The summed E-state index contributed by atoms with van der Waals surface area (Å²) in [6.07, 6.45) is 0.199. The predicted molar refractivity (Wildman–Crippen MR) is 91.8 cm³/mol. The minimum atomic E-state index is -0.449. The van der Waals surface area contributed by atoms with Crippen molar-refractivity contribution in [2.45, 2.75) is 26.2 Å². The van der Waals surface area contributed by atoms with Gasteiger partial charge in [0.05, 0.1) is 5.92 Å². The minimum absolute atomic E-state index is 0.0375. The van der Waals surface area contributed by atoms with E-state index < -0.39 is 5.92 Å². The van der Waals surface area contributed by atoms with Gasteiger partial charge in [-0.05, 0) is 37.1 Å². The number of anilines is 2. The third kappa shape index (κ3) is 2.84. The van der Waals surface area contributed by atoms with E-state index in [9.17, 15) is 9.59 Å². The molecular weight excluding hydrogens is 288 g/mol. The summed E-state index contributed by atoms with van der Waals surface area (Å²) in [7, 11) is 1.75. The zero-order valence-corrected chi connectivity index (χ0v) is 13.6. The lowest BCUT2D eigenvalue weighted by atomic mass is 9.88. The van der Waals surface area contributed by atoms with Crippen molar-refractivity contribution >= 4 is 23.2 Å². The van der Waals surface area contributed by atoms with Crippen molar-refractivity contribution in [3.63, 3.8) is 0 Å². The van der Waals surface area contributed by atoms with Crippen LogP contribution in [0.1, 0.15) is 29.0 Å². The number of aryl methyl sites for hydroxylation is 2. The van der Waals surface area contributed by atoms with E-state index in [-0.39, 0.29) is 18.2 Å². The third-order valence-corrected chi connectivity index (χ3v) is 4.38. The second-order valence-corrected chi connectivity index (χ2v) is 6.08. The lowest BCUT2D eigenvalue weighted by Gasteiger charge is -2.31. The van der Waals surface area contributed by atoms with E-state index in [1.165, 1.54) is 0 Å². The van der Waals surface area contributed by atoms with E-state index >= 15 is 0 Å². The van der Waals surface area contributed by atoms with Crippen LogP contribution in [-0.4, -0.2) is 18.9 Å². The molecular formula is C19H20N2O2. The highest BCUT2D eigenvalue weighted by Crippen LogP contribution is 2.35. The van der Waals surface area contributed by atoms with E-state index in [0.717, 1.165) is 28.1 Å². The highest BCUT2D eigenvalue weighted by molar-refractivity contribution is 6.06. The van der Waals surface area contributed by atoms with Crippen LogP contribution in [0.2, 0.25) is 0 Å². The highest BCUT2D eigenvalue weighted by Gasteiger charge is 2.33. The summed E-state index contributed by atoms with van der Waals surface area (Å²) in [5.74, 6) is -0.620. The second kappa shape index (κ2) is 5.88. The smallest absolute Gasteiger partial charge is 0.232 e. The van der Waals surface area contributed by atoms with Crippen LogP contribution in [0.4, 0.5) is 11.4 Å². The highest BCUT2D eigenvalue weighted by atomic mass is 16.2. The number of para-hydroxylation sites is 1.